The van der Waals surface area contributed by atoms with Crippen LogP contribution in [0.15, 0.2) is 18.2 Å². The molecular weight excluding hydrogens is 200 g/mol. The van der Waals surface area contributed by atoms with Crippen molar-refractivity contribution in [1.29, 1.82) is 0 Å². The van der Waals surface area contributed by atoms with Gasteiger partial charge in [-0.1, -0.05) is 6.07 Å². The fraction of sp³-hybridized carbons (Fsp3) is 0.182. The van der Waals surface area contributed by atoms with E-state index >= 15 is 0 Å². The first kappa shape index (κ1) is 9.83. The Morgan fingerprint density at radius 1 is 1.33 bits per heavy atom. The molecule has 2 nitrogen and oxygen atoms in total. The molecule has 0 unspecified atom stereocenters. The zero-order chi connectivity index (χ0) is 11.0. The number of carbonyl (C=O) groups is 1. The van der Waals surface area contributed by atoms with Crippen molar-refractivity contribution in [2.75, 3.05) is 0 Å². The lowest BCUT2D eigenvalue weighted by atomic mass is 10.1. The van der Waals surface area contributed by atoms with Gasteiger partial charge >= 0.3 is 0 Å². The quantitative estimate of drug-likeness (QED) is 0.704. The molecule has 0 aliphatic heterocycles. The van der Waals surface area contributed by atoms with Gasteiger partial charge in [-0.15, -0.1) is 0 Å². The highest BCUT2D eigenvalue weighted by Gasteiger charge is 2.22. The van der Waals surface area contributed by atoms with E-state index in [0.717, 1.165) is 6.07 Å². The number of hydrogen-bond acceptors (Lipinski definition) is 1. The van der Waals surface area contributed by atoms with Gasteiger partial charge in [-0.25, -0.2) is 8.78 Å². The Kier molecular flexibility index (Phi) is 2.26. The first-order chi connectivity index (χ1) is 7.09. The molecule has 0 aromatic heterocycles. The molecule has 1 aromatic carbocycles. The fourth-order valence-corrected chi connectivity index (χ4v) is 1.85. The largest absolute Gasteiger partial charge is 0.366 e. The molecule has 1 aliphatic carbocycles. The van der Waals surface area contributed by atoms with Crippen LogP contribution in [-0.4, -0.2) is 5.91 Å². The Labute approximate surface area is 85.4 Å². The van der Waals surface area contributed by atoms with Crippen molar-refractivity contribution in [3.63, 3.8) is 0 Å². The molecular formula is C11H9F2NO. The highest BCUT2D eigenvalue weighted by molar-refractivity contribution is 5.95. The molecule has 0 atom stereocenters. The number of hydrogen-bond donors (Lipinski definition) is 1. The van der Waals surface area contributed by atoms with E-state index < -0.39 is 17.5 Å². The van der Waals surface area contributed by atoms with Gasteiger partial charge in [0.15, 0.2) is 11.6 Å². The zero-order valence-electron chi connectivity index (χ0n) is 7.89. The highest BCUT2D eigenvalue weighted by Crippen LogP contribution is 2.34. The lowest BCUT2D eigenvalue weighted by molar-refractivity contribution is -0.113. The summed E-state index contributed by atoms with van der Waals surface area (Å²) < 4.78 is 26.2. The number of amides is 1. The third-order valence-electron chi connectivity index (χ3n) is 2.50. The molecule has 78 valence electrons. The highest BCUT2D eigenvalue weighted by atomic mass is 19.2. The van der Waals surface area contributed by atoms with Crippen molar-refractivity contribution in [1.82, 2.24) is 0 Å². The Bertz CT molecular complexity index is 466. The molecule has 0 radical (unpaired) electrons. The van der Waals surface area contributed by atoms with Crippen molar-refractivity contribution in [3.05, 3.63) is 41.0 Å². The first-order valence-corrected chi connectivity index (χ1v) is 4.57. The summed E-state index contributed by atoms with van der Waals surface area (Å²) in [5, 5.41) is 0. The van der Waals surface area contributed by atoms with E-state index in [-0.39, 0.29) is 0 Å². The number of carbonyl (C=O) groups excluding carboxylic acids is 1. The van der Waals surface area contributed by atoms with E-state index in [1.54, 1.807) is 0 Å². The predicted octanol–water partition coefficient (Wildman–Crippen LogP) is 1.78. The normalized spacial score (nSPS) is 16.8. The molecule has 0 heterocycles. The molecule has 15 heavy (non-hydrogen) atoms. The van der Waals surface area contributed by atoms with Crippen LogP contribution in [0.1, 0.15) is 17.5 Å². The minimum atomic E-state index is -0.853. The average Bonchev–Trinajstić information content (AvgIpc) is 2.55. The number of rotatable bonds is 1. The Morgan fingerprint density at radius 2 is 2.07 bits per heavy atom. The molecule has 1 aromatic rings. The van der Waals surface area contributed by atoms with E-state index in [2.05, 4.69) is 0 Å². The van der Waals surface area contributed by atoms with Crippen LogP contribution in [-0.2, 0) is 11.2 Å². The monoisotopic (exact) mass is 209 g/mol. The second kappa shape index (κ2) is 3.46. The third kappa shape index (κ3) is 1.63. The molecule has 0 fully saturated rings. The van der Waals surface area contributed by atoms with Crippen LogP contribution in [0, 0.1) is 11.6 Å². The Hall–Kier alpha value is -1.71. The van der Waals surface area contributed by atoms with Crippen molar-refractivity contribution >= 4 is 11.5 Å². The molecule has 0 spiro atoms. The van der Waals surface area contributed by atoms with E-state index in [4.69, 9.17) is 5.73 Å². The minimum Gasteiger partial charge on any atom is -0.366 e. The van der Waals surface area contributed by atoms with Crippen LogP contribution >= 0.6 is 0 Å². The van der Waals surface area contributed by atoms with Gasteiger partial charge in [0.05, 0.1) is 0 Å². The third-order valence-corrected chi connectivity index (χ3v) is 2.50. The van der Waals surface area contributed by atoms with Crippen LogP contribution in [0.4, 0.5) is 8.78 Å². The van der Waals surface area contributed by atoms with Crippen molar-refractivity contribution in [2.24, 2.45) is 5.73 Å². The van der Waals surface area contributed by atoms with Crippen LogP contribution in [0.2, 0.25) is 0 Å². The molecule has 0 bridgehead atoms. The summed E-state index contributed by atoms with van der Waals surface area (Å²) in [5.41, 5.74) is 6.62. The maximum atomic E-state index is 13.3. The average molecular weight is 209 g/mol. The standard InChI is InChI=1S/C11H9F2NO/c12-9-4-3-7-6(5-10(14)15)1-2-8(7)11(9)13/h3-5H,1-2H2,(H2,14,15)/b6-5+. The van der Waals surface area contributed by atoms with Crippen LogP contribution in [0.25, 0.3) is 5.57 Å². The summed E-state index contributed by atoms with van der Waals surface area (Å²) in [5.74, 6) is -2.24. The van der Waals surface area contributed by atoms with E-state index in [1.165, 1.54) is 12.1 Å². The van der Waals surface area contributed by atoms with Gasteiger partial charge < -0.3 is 5.73 Å². The second-order valence-electron chi connectivity index (χ2n) is 3.46. The maximum absolute atomic E-state index is 13.3. The van der Waals surface area contributed by atoms with Gasteiger partial charge in [0, 0.05) is 6.08 Å². The van der Waals surface area contributed by atoms with Crippen LogP contribution < -0.4 is 5.73 Å². The van der Waals surface area contributed by atoms with Gasteiger partial charge in [0.25, 0.3) is 0 Å². The maximum Gasteiger partial charge on any atom is 0.241 e. The topological polar surface area (TPSA) is 43.1 Å². The summed E-state index contributed by atoms with van der Waals surface area (Å²) in [6.07, 6.45) is 2.21. The van der Waals surface area contributed by atoms with Gasteiger partial charge in [0.2, 0.25) is 5.91 Å². The number of allylic oxidation sites excluding steroid dienone is 1. The fourth-order valence-electron chi connectivity index (χ4n) is 1.85. The summed E-state index contributed by atoms with van der Waals surface area (Å²) in [6.45, 7) is 0. The zero-order valence-corrected chi connectivity index (χ0v) is 7.89. The van der Waals surface area contributed by atoms with Crippen molar-refractivity contribution < 1.29 is 13.6 Å². The number of benzene rings is 1. The van der Waals surface area contributed by atoms with Crippen molar-refractivity contribution in [2.45, 2.75) is 12.8 Å². The number of primary amides is 1. The van der Waals surface area contributed by atoms with Gasteiger partial charge in [-0.3, -0.25) is 4.79 Å². The van der Waals surface area contributed by atoms with Crippen LogP contribution in [0.5, 0.6) is 0 Å². The first-order valence-electron chi connectivity index (χ1n) is 4.57. The van der Waals surface area contributed by atoms with Gasteiger partial charge in [-0.2, -0.15) is 0 Å². The molecule has 2 rings (SSSR count). The summed E-state index contributed by atoms with van der Waals surface area (Å²) in [6, 6.07) is 2.55. The van der Waals surface area contributed by atoms with E-state index in [0.29, 0.717) is 29.5 Å². The van der Waals surface area contributed by atoms with Crippen LogP contribution in [0.3, 0.4) is 0 Å². The van der Waals surface area contributed by atoms with Crippen molar-refractivity contribution in [3.8, 4) is 0 Å². The predicted molar refractivity (Wildman–Crippen MR) is 51.9 cm³/mol. The minimum absolute atomic E-state index is 0.336. The molecule has 1 amide bonds. The second-order valence-corrected chi connectivity index (χ2v) is 3.46. The summed E-state index contributed by atoms with van der Waals surface area (Å²) in [4.78, 5) is 10.7. The van der Waals surface area contributed by atoms with E-state index in [1.807, 2.05) is 0 Å². The smallest absolute Gasteiger partial charge is 0.241 e. The molecule has 4 heteroatoms. The molecule has 0 saturated carbocycles. The molecule has 0 saturated heterocycles. The lowest BCUT2D eigenvalue weighted by Gasteiger charge is -2.02. The molecule has 1 aliphatic rings. The molecule has 2 N–H and O–H groups in total. The Balaban J connectivity index is 2.54. The number of halogens is 2. The summed E-state index contributed by atoms with van der Waals surface area (Å²) in [7, 11) is 0. The number of fused-ring (bicyclic) bond motifs is 1. The SMILES string of the molecule is NC(=O)/C=C1\CCc2c1ccc(F)c2F. The van der Waals surface area contributed by atoms with Gasteiger partial charge in [0.1, 0.15) is 0 Å². The summed E-state index contributed by atoms with van der Waals surface area (Å²) >= 11 is 0. The number of nitrogens with two attached hydrogens (primary N) is 1. The Morgan fingerprint density at radius 3 is 2.73 bits per heavy atom. The lowest BCUT2D eigenvalue weighted by Crippen LogP contribution is -2.06. The van der Waals surface area contributed by atoms with Gasteiger partial charge in [-0.05, 0) is 35.6 Å². The van der Waals surface area contributed by atoms with E-state index in [9.17, 15) is 13.6 Å².